The number of carboxylic acid groups (broad SMARTS) is 1. The maximum absolute atomic E-state index is 11.2. The zero-order valence-electron chi connectivity index (χ0n) is 8.95. The van der Waals surface area contributed by atoms with E-state index in [1.54, 1.807) is 0 Å². The number of carbonyl (C=O) groups is 1. The van der Waals surface area contributed by atoms with Gasteiger partial charge in [0.05, 0.1) is 0 Å². The van der Waals surface area contributed by atoms with Crippen LogP contribution in [-0.2, 0) is 0 Å². The van der Waals surface area contributed by atoms with Crippen molar-refractivity contribution in [1.82, 2.24) is 0 Å². The van der Waals surface area contributed by atoms with Gasteiger partial charge in [-0.3, -0.25) is 0 Å². The minimum absolute atomic E-state index is 0.217. The lowest BCUT2D eigenvalue weighted by molar-refractivity contribution is 0.0701. The average Bonchev–Trinajstić information content (AvgIpc) is 2.58. The molecule has 84 valence electrons. The number of rotatable bonds is 2. The fraction of sp³-hybridized carbons (Fsp3) is 0.250. The van der Waals surface area contributed by atoms with E-state index in [4.69, 9.17) is 0 Å². The summed E-state index contributed by atoms with van der Waals surface area (Å²) in [4.78, 5) is 11.7. The van der Waals surface area contributed by atoms with Crippen LogP contribution in [0.1, 0.15) is 35.0 Å². The van der Waals surface area contributed by atoms with Crippen LogP contribution >= 0.6 is 27.3 Å². The molecule has 0 radical (unpaired) electrons. The molecule has 0 fully saturated rings. The number of hydrogen-bond donors (Lipinski definition) is 1. The molecule has 2 rings (SSSR count). The van der Waals surface area contributed by atoms with Crippen LogP contribution in [-0.4, -0.2) is 11.1 Å². The molecule has 1 aromatic carbocycles. The van der Waals surface area contributed by atoms with E-state index >= 15 is 0 Å². The van der Waals surface area contributed by atoms with E-state index in [-0.39, 0.29) is 5.92 Å². The number of thiophene rings is 1. The van der Waals surface area contributed by atoms with E-state index in [0.717, 1.165) is 20.1 Å². The van der Waals surface area contributed by atoms with Crippen LogP contribution in [0, 0.1) is 0 Å². The summed E-state index contributed by atoms with van der Waals surface area (Å²) in [6.45, 7) is 4.05. The van der Waals surface area contributed by atoms with E-state index in [0.29, 0.717) is 4.88 Å². The normalized spacial score (nSPS) is 11.2. The van der Waals surface area contributed by atoms with Crippen molar-refractivity contribution in [3.05, 3.63) is 33.1 Å². The van der Waals surface area contributed by atoms with Crippen molar-refractivity contribution in [3.63, 3.8) is 0 Å². The molecule has 2 aromatic rings. The van der Waals surface area contributed by atoms with Gasteiger partial charge in [0.25, 0.3) is 0 Å². The number of aromatic carboxylic acids is 1. The highest BCUT2D eigenvalue weighted by Crippen LogP contribution is 2.39. The molecular weight excluding hydrogens is 288 g/mol. The molecule has 0 aliphatic heterocycles. The second-order valence-corrected chi connectivity index (χ2v) is 5.80. The Morgan fingerprint density at radius 1 is 1.44 bits per heavy atom. The van der Waals surface area contributed by atoms with Crippen molar-refractivity contribution in [2.24, 2.45) is 0 Å². The molecule has 4 heteroatoms. The van der Waals surface area contributed by atoms with Gasteiger partial charge in [0.1, 0.15) is 4.88 Å². The zero-order valence-corrected chi connectivity index (χ0v) is 11.4. The summed E-state index contributed by atoms with van der Waals surface area (Å²) in [5, 5.41) is 10.2. The van der Waals surface area contributed by atoms with Gasteiger partial charge in [0.2, 0.25) is 0 Å². The Balaban J connectivity index is 2.86. The summed E-state index contributed by atoms with van der Waals surface area (Å²) in [6, 6.07) is 5.86. The van der Waals surface area contributed by atoms with Gasteiger partial charge in [-0.15, -0.1) is 11.3 Å². The van der Waals surface area contributed by atoms with Crippen LogP contribution in [0.3, 0.4) is 0 Å². The molecule has 0 aliphatic carbocycles. The van der Waals surface area contributed by atoms with Crippen molar-refractivity contribution in [2.75, 3.05) is 0 Å². The zero-order chi connectivity index (χ0) is 11.9. The number of carboxylic acids is 1. The second-order valence-electron chi connectivity index (χ2n) is 3.92. The summed E-state index contributed by atoms with van der Waals surface area (Å²) in [6.07, 6.45) is 0. The van der Waals surface area contributed by atoms with Crippen molar-refractivity contribution < 1.29 is 9.90 Å². The lowest BCUT2D eigenvalue weighted by atomic mass is 9.99. The van der Waals surface area contributed by atoms with Gasteiger partial charge in [0.15, 0.2) is 0 Å². The summed E-state index contributed by atoms with van der Waals surface area (Å²) in [7, 11) is 0. The number of halogens is 1. The van der Waals surface area contributed by atoms with Gasteiger partial charge in [0, 0.05) is 9.17 Å². The Morgan fingerprint density at radius 2 is 2.12 bits per heavy atom. The van der Waals surface area contributed by atoms with Crippen molar-refractivity contribution in [1.29, 1.82) is 0 Å². The monoisotopic (exact) mass is 298 g/mol. The first-order chi connectivity index (χ1) is 7.52. The van der Waals surface area contributed by atoms with Crippen LogP contribution in [0.2, 0.25) is 0 Å². The topological polar surface area (TPSA) is 37.3 Å². The molecule has 0 bridgehead atoms. The van der Waals surface area contributed by atoms with E-state index in [1.165, 1.54) is 11.3 Å². The summed E-state index contributed by atoms with van der Waals surface area (Å²) in [5.74, 6) is -0.619. The standard InChI is InChI=1S/C12H11BrO2S/c1-6(2)9-7-4-3-5-8(13)10(7)16-11(9)12(14)15/h3-6H,1-2H3,(H,14,15). The fourth-order valence-corrected chi connectivity index (χ4v) is 3.65. The fourth-order valence-electron chi connectivity index (χ4n) is 1.84. The van der Waals surface area contributed by atoms with Crippen LogP contribution in [0.4, 0.5) is 0 Å². The van der Waals surface area contributed by atoms with Crippen LogP contribution in [0.5, 0.6) is 0 Å². The third kappa shape index (κ3) is 1.76. The molecule has 1 N–H and O–H groups in total. The summed E-state index contributed by atoms with van der Waals surface area (Å²) in [5.41, 5.74) is 0.939. The second kappa shape index (κ2) is 4.18. The average molecular weight is 299 g/mol. The van der Waals surface area contributed by atoms with E-state index in [2.05, 4.69) is 15.9 Å². The predicted octanol–water partition coefficient (Wildman–Crippen LogP) is 4.49. The molecule has 0 saturated carbocycles. The van der Waals surface area contributed by atoms with Gasteiger partial charge in [-0.2, -0.15) is 0 Å². The van der Waals surface area contributed by atoms with Crippen molar-refractivity contribution in [2.45, 2.75) is 19.8 Å². The predicted molar refractivity (Wildman–Crippen MR) is 70.6 cm³/mol. The molecule has 2 nitrogen and oxygen atoms in total. The molecular formula is C12H11BrO2S. The van der Waals surface area contributed by atoms with E-state index in [1.807, 2.05) is 32.0 Å². The lowest BCUT2D eigenvalue weighted by Crippen LogP contribution is -1.99. The van der Waals surface area contributed by atoms with Gasteiger partial charge >= 0.3 is 5.97 Å². The molecule has 1 aromatic heterocycles. The Hall–Kier alpha value is -0.870. The summed E-state index contributed by atoms with van der Waals surface area (Å²) < 4.78 is 1.98. The minimum Gasteiger partial charge on any atom is -0.477 e. The van der Waals surface area contributed by atoms with E-state index < -0.39 is 5.97 Å². The van der Waals surface area contributed by atoms with Gasteiger partial charge in [-0.1, -0.05) is 26.0 Å². The van der Waals surface area contributed by atoms with E-state index in [9.17, 15) is 9.90 Å². The van der Waals surface area contributed by atoms with Gasteiger partial charge in [-0.25, -0.2) is 4.79 Å². The third-order valence-electron chi connectivity index (χ3n) is 2.48. The van der Waals surface area contributed by atoms with Gasteiger partial charge < -0.3 is 5.11 Å². The lowest BCUT2D eigenvalue weighted by Gasteiger charge is -2.05. The smallest absolute Gasteiger partial charge is 0.346 e. The maximum Gasteiger partial charge on any atom is 0.346 e. The largest absolute Gasteiger partial charge is 0.477 e. The first kappa shape index (κ1) is 11.6. The Labute approximate surface area is 106 Å². The summed E-state index contributed by atoms with van der Waals surface area (Å²) >= 11 is 4.80. The molecule has 0 saturated heterocycles. The van der Waals surface area contributed by atoms with Crippen molar-refractivity contribution in [3.8, 4) is 0 Å². The quantitative estimate of drug-likeness (QED) is 0.887. The molecule has 16 heavy (non-hydrogen) atoms. The van der Waals surface area contributed by atoms with Crippen molar-refractivity contribution >= 4 is 43.3 Å². The Bertz CT molecular complexity index is 557. The SMILES string of the molecule is CC(C)c1c(C(=O)O)sc2c(Br)cccc12. The Morgan fingerprint density at radius 3 is 2.69 bits per heavy atom. The number of fused-ring (bicyclic) bond motifs is 1. The molecule has 0 amide bonds. The molecule has 0 unspecified atom stereocenters. The molecule has 0 spiro atoms. The number of hydrogen-bond acceptors (Lipinski definition) is 2. The molecule has 0 aliphatic rings. The molecule has 0 atom stereocenters. The Kier molecular flexibility index (Phi) is 3.04. The highest BCUT2D eigenvalue weighted by atomic mass is 79.9. The molecule has 1 heterocycles. The highest BCUT2D eigenvalue weighted by molar-refractivity contribution is 9.10. The maximum atomic E-state index is 11.2. The van der Waals surface area contributed by atoms with Crippen LogP contribution in [0.15, 0.2) is 22.7 Å². The van der Waals surface area contributed by atoms with Crippen LogP contribution in [0.25, 0.3) is 10.1 Å². The minimum atomic E-state index is -0.836. The first-order valence-electron chi connectivity index (χ1n) is 4.96. The highest BCUT2D eigenvalue weighted by Gasteiger charge is 2.20. The van der Waals surface area contributed by atoms with Gasteiger partial charge in [-0.05, 0) is 38.9 Å². The third-order valence-corrected chi connectivity index (χ3v) is 4.64. The number of benzene rings is 1. The van der Waals surface area contributed by atoms with Crippen LogP contribution < -0.4 is 0 Å². The first-order valence-corrected chi connectivity index (χ1v) is 6.57.